The third kappa shape index (κ3) is 6.34. The van der Waals surface area contributed by atoms with Crippen molar-refractivity contribution in [2.24, 2.45) is 5.92 Å². The van der Waals surface area contributed by atoms with Crippen molar-refractivity contribution in [2.45, 2.75) is 32.9 Å². The number of amides is 3. The van der Waals surface area contributed by atoms with Crippen LogP contribution in [0, 0.1) is 5.92 Å². The molecule has 0 bridgehead atoms. The van der Waals surface area contributed by atoms with Crippen LogP contribution in [0.5, 0.6) is 11.5 Å². The van der Waals surface area contributed by atoms with Gasteiger partial charge in [-0.05, 0) is 37.3 Å². The summed E-state index contributed by atoms with van der Waals surface area (Å²) < 4.78 is 17.0. The number of likely N-dealkylation sites (N-methyl/N-ethyl adjacent to an activating group) is 1. The highest BCUT2D eigenvalue weighted by molar-refractivity contribution is 6.05. The summed E-state index contributed by atoms with van der Waals surface area (Å²) in [5.41, 5.74) is 1.27. The number of ether oxygens (including phenoxy) is 3. The number of nitrogens with one attached hydrogen (secondary N) is 1. The molecule has 3 amide bonds. The minimum absolute atomic E-state index is 0.00435. The molecule has 1 N–H and O–H groups in total. The number of hydrogen-bond donors (Lipinski definition) is 1. The molecule has 1 aliphatic rings. The van der Waals surface area contributed by atoms with E-state index in [1.54, 1.807) is 66.4 Å². The molecule has 0 aromatic heterocycles. The van der Waals surface area contributed by atoms with E-state index in [1.807, 2.05) is 13.8 Å². The van der Waals surface area contributed by atoms with Crippen molar-refractivity contribution >= 4 is 23.4 Å². The van der Waals surface area contributed by atoms with E-state index in [2.05, 4.69) is 5.32 Å². The summed E-state index contributed by atoms with van der Waals surface area (Å²) in [5, 5.41) is 2.85. The van der Waals surface area contributed by atoms with E-state index in [-0.39, 0.29) is 42.4 Å². The predicted molar refractivity (Wildman–Crippen MR) is 137 cm³/mol. The Morgan fingerprint density at radius 1 is 1.08 bits per heavy atom. The molecule has 2 aromatic carbocycles. The van der Waals surface area contributed by atoms with Crippen LogP contribution in [0.4, 0.5) is 5.69 Å². The van der Waals surface area contributed by atoms with Crippen molar-refractivity contribution in [1.29, 1.82) is 0 Å². The van der Waals surface area contributed by atoms with Crippen LogP contribution in [0.3, 0.4) is 0 Å². The van der Waals surface area contributed by atoms with Crippen molar-refractivity contribution < 1.29 is 28.6 Å². The van der Waals surface area contributed by atoms with Gasteiger partial charge in [-0.1, -0.05) is 13.0 Å². The molecule has 9 nitrogen and oxygen atoms in total. The molecular weight excluding hydrogens is 462 g/mol. The quantitative estimate of drug-likeness (QED) is 0.696. The van der Waals surface area contributed by atoms with Gasteiger partial charge in [0.05, 0.1) is 24.8 Å². The van der Waals surface area contributed by atoms with Gasteiger partial charge in [-0.3, -0.25) is 14.4 Å². The van der Waals surface area contributed by atoms with Gasteiger partial charge in [0, 0.05) is 57.4 Å². The lowest BCUT2D eigenvalue weighted by Crippen LogP contribution is -2.48. The summed E-state index contributed by atoms with van der Waals surface area (Å²) in [6.07, 6.45) is -0.252. The summed E-state index contributed by atoms with van der Waals surface area (Å²) in [6.45, 7) is 6.46. The number of hydrogen-bond acceptors (Lipinski definition) is 6. The average Bonchev–Trinajstić information content (AvgIpc) is 2.87. The van der Waals surface area contributed by atoms with Gasteiger partial charge in [-0.2, -0.15) is 0 Å². The minimum atomic E-state index is -0.321. The van der Waals surface area contributed by atoms with Crippen LogP contribution < -0.4 is 14.8 Å². The van der Waals surface area contributed by atoms with Crippen molar-refractivity contribution in [2.75, 3.05) is 46.3 Å². The van der Waals surface area contributed by atoms with Crippen LogP contribution in [0.15, 0.2) is 42.5 Å². The Kier molecular flexibility index (Phi) is 8.93. The minimum Gasteiger partial charge on any atom is -0.497 e. The first-order valence-electron chi connectivity index (χ1n) is 11.9. The first-order valence-corrected chi connectivity index (χ1v) is 11.9. The number of benzene rings is 2. The molecule has 194 valence electrons. The molecule has 0 saturated heterocycles. The summed E-state index contributed by atoms with van der Waals surface area (Å²) in [7, 11) is 4.86. The molecule has 36 heavy (non-hydrogen) atoms. The van der Waals surface area contributed by atoms with Gasteiger partial charge < -0.3 is 29.3 Å². The zero-order chi connectivity index (χ0) is 26.4. The number of methoxy groups -OCH3 is 2. The van der Waals surface area contributed by atoms with Crippen LogP contribution >= 0.6 is 0 Å². The van der Waals surface area contributed by atoms with Gasteiger partial charge in [-0.25, -0.2) is 0 Å². The Hall–Kier alpha value is -3.59. The van der Waals surface area contributed by atoms with E-state index in [1.165, 1.54) is 14.0 Å². The molecule has 0 spiro atoms. The molecule has 0 unspecified atom stereocenters. The molecule has 0 aliphatic carbocycles. The highest BCUT2D eigenvalue weighted by Crippen LogP contribution is 2.27. The Morgan fingerprint density at radius 3 is 2.50 bits per heavy atom. The third-order valence-electron chi connectivity index (χ3n) is 6.44. The van der Waals surface area contributed by atoms with Gasteiger partial charge in [0.2, 0.25) is 5.91 Å². The van der Waals surface area contributed by atoms with Gasteiger partial charge >= 0.3 is 0 Å². The topological polar surface area (TPSA) is 97.4 Å². The van der Waals surface area contributed by atoms with Crippen LogP contribution in [0.1, 0.15) is 41.5 Å². The molecule has 9 heteroatoms. The van der Waals surface area contributed by atoms with Crippen LogP contribution in [-0.2, 0) is 9.53 Å². The second kappa shape index (κ2) is 11.9. The summed E-state index contributed by atoms with van der Waals surface area (Å²) in [4.78, 5) is 41.9. The first kappa shape index (κ1) is 27.0. The van der Waals surface area contributed by atoms with E-state index in [4.69, 9.17) is 14.2 Å². The zero-order valence-corrected chi connectivity index (χ0v) is 21.7. The van der Waals surface area contributed by atoms with E-state index in [0.717, 1.165) is 0 Å². The third-order valence-corrected chi connectivity index (χ3v) is 6.44. The molecule has 0 saturated carbocycles. The van der Waals surface area contributed by atoms with Crippen LogP contribution in [-0.4, -0.2) is 80.6 Å². The molecule has 1 heterocycles. The fraction of sp³-hybridized carbons (Fsp3) is 0.444. The summed E-state index contributed by atoms with van der Waals surface area (Å²) >= 11 is 0. The Bertz CT molecular complexity index is 1100. The first-order chi connectivity index (χ1) is 17.1. The predicted octanol–water partition coefficient (Wildman–Crippen LogP) is 3.30. The molecule has 0 fully saturated rings. The highest BCUT2D eigenvalue weighted by atomic mass is 16.5. The molecule has 1 aliphatic heterocycles. The number of anilines is 1. The largest absolute Gasteiger partial charge is 0.497 e. The molecular formula is C27H35N3O6. The number of carbonyl (C=O) groups is 3. The standard InChI is InChI=1S/C27H35N3O6/c1-17-14-30(19(3)31)18(2)16-36-24-13-21(28-26(32)20-8-7-9-22(12-20)34-5)10-11-23(24)27(33)29(4)15-25(17)35-6/h7-13,17-18,25H,14-16H2,1-6H3,(H,28,32)/t17-,18-,25+/m0/s1. The highest BCUT2D eigenvalue weighted by Gasteiger charge is 2.29. The smallest absolute Gasteiger partial charge is 0.257 e. The Balaban J connectivity index is 1.93. The van der Waals surface area contributed by atoms with Gasteiger partial charge in [0.1, 0.15) is 18.1 Å². The lowest BCUT2D eigenvalue weighted by atomic mass is 10.0. The second-order valence-corrected chi connectivity index (χ2v) is 9.17. The second-order valence-electron chi connectivity index (χ2n) is 9.17. The van der Waals surface area contributed by atoms with E-state index in [9.17, 15) is 14.4 Å². The normalized spacial score (nSPS) is 20.9. The fourth-order valence-electron chi connectivity index (χ4n) is 4.26. The Labute approximate surface area is 212 Å². The molecule has 2 aromatic rings. The van der Waals surface area contributed by atoms with Crippen LogP contribution in [0.25, 0.3) is 0 Å². The molecule has 0 radical (unpaired) electrons. The number of rotatable bonds is 4. The number of nitrogens with zero attached hydrogens (tertiary/aromatic N) is 2. The number of carbonyl (C=O) groups excluding carboxylic acids is 3. The van der Waals surface area contributed by atoms with Gasteiger partial charge in [0.25, 0.3) is 11.8 Å². The Morgan fingerprint density at radius 2 is 1.83 bits per heavy atom. The SMILES string of the molecule is COc1cccc(C(=O)Nc2ccc3c(c2)OC[C@H](C)N(C(C)=O)C[C@H](C)[C@H](OC)CN(C)C3=O)c1. The van der Waals surface area contributed by atoms with Gasteiger partial charge in [-0.15, -0.1) is 0 Å². The maximum atomic E-state index is 13.3. The summed E-state index contributed by atoms with van der Waals surface area (Å²) in [5.74, 6) is 0.302. The van der Waals surface area contributed by atoms with Crippen molar-refractivity contribution in [1.82, 2.24) is 9.80 Å². The van der Waals surface area contributed by atoms with E-state index >= 15 is 0 Å². The van der Waals surface area contributed by atoms with Crippen LogP contribution in [0.2, 0.25) is 0 Å². The number of fused-ring (bicyclic) bond motifs is 1. The lowest BCUT2D eigenvalue weighted by Gasteiger charge is -2.35. The fourth-order valence-corrected chi connectivity index (χ4v) is 4.26. The van der Waals surface area contributed by atoms with Crippen molar-refractivity contribution in [3.8, 4) is 11.5 Å². The lowest BCUT2D eigenvalue weighted by molar-refractivity contribution is -0.133. The van der Waals surface area contributed by atoms with E-state index < -0.39 is 0 Å². The average molecular weight is 498 g/mol. The van der Waals surface area contributed by atoms with E-state index in [0.29, 0.717) is 41.4 Å². The zero-order valence-electron chi connectivity index (χ0n) is 21.7. The molecule has 3 rings (SSSR count). The molecule has 3 atom stereocenters. The monoisotopic (exact) mass is 497 g/mol. The summed E-state index contributed by atoms with van der Waals surface area (Å²) in [6, 6.07) is 11.5. The van der Waals surface area contributed by atoms with Gasteiger partial charge in [0.15, 0.2) is 0 Å². The maximum Gasteiger partial charge on any atom is 0.257 e. The maximum absolute atomic E-state index is 13.3. The van der Waals surface area contributed by atoms with Crippen molar-refractivity contribution in [3.05, 3.63) is 53.6 Å². The van der Waals surface area contributed by atoms with Crippen molar-refractivity contribution in [3.63, 3.8) is 0 Å².